The maximum Gasteiger partial charge on any atom is 0.264 e. The first-order valence-corrected chi connectivity index (χ1v) is 20.3. The first-order chi connectivity index (χ1) is 23.8. The lowest BCUT2D eigenvalue weighted by Gasteiger charge is -2.50. The van der Waals surface area contributed by atoms with Crippen LogP contribution in [-0.4, -0.2) is 92.3 Å². The highest BCUT2D eigenvalue weighted by Gasteiger charge is 2.48. The molecule has 3 aliphatic heterocycles. The van der Waals surface area contributed by atoms with Gasteiger partial charge in [0.05, 0.1) is 23.0 Å². The van der Waals surface area contributed by atoms with Crippen LogP contribution in [0.25, 0.3) is 0 Å². The molecule has 1 aliphatic carbocycles. The van der Waals surface area contributed by atoms with Crippen molar-refractivity contribution >= 4 is 39.1 Å². The van der Waals surface area contributed by atoms with Crippen LogP contribution in [0.2, 0.25) is 5.02 Å². The second kappa shape index (κ2) is 15.4. The first kappa shape index (κ1) is 36.9. The summed E-state index contributed by atoms with van der Waals surface area (Å²) in [5.74, 6) is -0.277. The molecular formula is C38H53ClN4O6S. The highest BCUT2D eigenvalue weighted by atomic mass is 35.5. The summed E-state index contributed by atoms with van der Waals surface area (Å²) < 4.78 is 35.7. The molecule has 2 aromatic carbocycles. The van der Waals surface area contributed by atoms with Gasteiger partial charge in [-0.25, -0.2) is 13.1 Å². The van der Waals surface area contributed by atoms with Crippen LogP contribution >= 0.6 is 11.6 Å². The summed E-state index contributed by atoms with van der Waals surface area (Å²) in [6, 6.07) is 11.0. The molecule has 2 fully saturated rings. The first-order valence-electron chi connectivity index (χ1n) is 18.4. The van der Waals surface area contributed by atoms with Gasteiger partial charge in [-0.15, -0.1) is 0 Å². The van der Waals surface area contributed by atoms with Gasteiger partial charge in [0, 0.05) is 49.9 Å². The van der Waals surface area contributed by atoms with E-state index in [1.54, 1.807) is 25.1 Å². The van der Waals surface area contributed by atoms with Crippen molar-refractivity contribution in [1.82, 2.24) is 14.5 Å². The zero-order valence-corrected chi connectivity index (χ0v) is 31.3. The molecule has 274 valence electrons. The number of hydrogen-bond donors (Lipinski definition) is 2. The van der Waals surface area contributed by atoms with Crippen LogP contribution in [0.3, 0.4) is 0 Å². The molecule has 0 aromatic heterocycles. The molecule has 50 heavy (non-hydrogen) atoms. The van der Waals surface area contributed by atoms with E-state index in [2.05, 4.69) is 21.6 Å². The molecule has 0 radical (unpaired) electrons. The number of benzene rings is 2. The number of piperazine rings is 1. The minimum atomic E-state index is -3.99. The zero-order chi connectivity index (χ0) is 35.6. The molecule has 0 spiro atoms. The van der Waals surface area contributed by atoms with E-state index in [1.165, 1.54) is 0 Å². The number of rotatable bonds is 2. The Morgan fingerprint density at radius 3 is 2.52 bits per heavy atom. The predicted molar refractivity (Wildman–Crippen MR) is 196 cm³/mol. The Morgan fingerprint density at radius 2 is 1.78 bits per heavy atom. The highest BCUT2D eigenvalue weighted by Crippen LogP contribution is 2.47. The van der Waals surface area contributed by atoms with Gasteiger partial charge in [0.15, 0.2) is 0 Å². The van der Waals surface area contributed by atoms with Gasteiger partial charge in [-0.3, -0.25) is 9.59 Å². The van der Waals surface area contributed by atoms with Gasteiger partial charge < -0.3 is 24.5 Å². The van der Waals surface area contributed by atoms with Crippen molar-refractivity contribution in [3.63, 3.8) is 0 Å². The highest BCUT2D eigenvalue weighted by molar-refractivity contribution is 7.90. The van der Waals surface area contributed by atoms with Gasteiger partial charge in [-0.2, -0.15) is 0 Å². The van der Waals surface area contributed by atoms with Crippen LogP contribution in [0.15, 0.2) is 36.4 Å². The number of hydrogen-bond acceptors (Lipinski definition) is 8. The number of carbonyl (C=O) groups is 2. The summed E-state index contributed by atoms with van der Waals surface area (Å²) in [4.78, 5) is 33.6. The molecule has 1 saturated heterocycles. The number of nitrogens with one attached hydrogen (secondary N) is 1. The van der Waals surface area contributed by atoms with Crippen molar-refractivity contribution in [2.75, 3.05) is 51.2 Å². The third-order valence-electron chi connectivity index (χ3n) is 11.9. The summed E-state index contributed by atoms with van der Waals surface area (Å²) in [7, 11) is -1.94. The van der Waals surface area contributed by atoms with Crippen LogP contribution < -0.4 is 14.4 Å². The maximum atomic E-state index is 13.7. The topological polar surface area (TPSA) is 119 Å². The summed E-state index contributed by atoms with van der Waals surface area (Å²) in [6.45, 7) is 8.07. The minimum Gasteiger partial charge on any atom is -0.487 e. The Morgan fingerprint density at radius 1 is 1.00 bits per heavy atom. The van der Waals surface area contributed by atoms with Gasteiger partial charge in [-0.05, 0) is 118 Å². The van der Waals surface area contributed by atoms with Gasteiger partial charge >= 0.3 is 0 Å². The molecule has 12 heteroatoms. The van der Waals surface area contributed by atoms with Crippen LogP contribution in [0, 0.1) is 17.8 Å². The number of carbonyl (C=O) groups excluding carboxylic acids is 2. The van der Waals surface area contributed by atoms with Crippen LogP contribution in [0.4, 0.5) is 5.69 Å². The summed E-state index contributed by atoms with van der Waals surface area (Å²) >= 11 is 6.36. The Hall–Kier alpha value is -2.86. The zero-order valence-electron chi connectivity index (χ0n) is 29.7. The second-order valence-corrected chi connectivity index (χ2v) is 17.7. The minimum absolute atomic E-state index is 0.00864. The van der Waals surface area contributed by atoms with Crippen molar-refractivity contribution < 1.29 is 27.9 Å². The third-order valence-corrected chi connectivity index (χ3v) is 14.1. The van der Waals surface area contributed by atoms with E-state index in [9.17, 15) is 23.1 Å². The molecule has 3 heterocycles. The Labute approximate surface area is 302 Å². The normalized spacial score (nSPS) is 29.7. The fourth-order valence-corrected chi connectivity index (χ4v) is 9.75. The van der Waals surface area contributed by atoms with Crippen molar-refractivity contribution in [2.45, 2.75) is 89.1 Å². The molecule has 5 atom stereocenters. The van der Waals surface area contributed by atoms with E-state index in [0.717, 1.165) is 62.0 Å². The summed E-state index contributed by atoms with van der Waals surface area (Å²) in [5, 5.41) is 12.4. The van der Waals surface area contributed by atoms with E-state index in [4.69, 9.17) is 16.3 Å². The number of aryl methyl sites for hydroxylation is 1. The fraction of sp³-hybridized carbons (Fsp3) is 0.632. The number of fused-ring (bicyclic) bond motifs is 3. The van der Waals surface area contributed by atoms with Gasteiger partial charge in [0.25, 0.3) is 5.91 Å². The van der Waals surface area contributed by atoms with E-state index in [0.29, 0.717) is 62.8 Å². The van der Waals surface area contributed by atoms with Crippen LogP contribution in [0.5, 0.6) is 5.75 Å². The quantitative estimate of drug-likeness (QED) is 0.431. The van der Waals surface area contributed by atoms with Gasteiger partial charge in [0.1, 0.15) is 12.4 Å². The Bertz CT molecular complexity index is 1660. The Balaban J connectivity index is 1.35. The number of ether oxygens (including phenoxy) is 1. The van der Waals surface area contributed by atoms with E-state index >= 15 is 0 Å². The molecule has 2 aromatic rings. The standard InChI is InChI=1S/C38H53ClN4O6S/c1-26-7-6-15-38(46,23-36(44)42-19-17-41(3)18-20-42)33-13-10-30(33)24-43-16-5-4-8-28-21-32(39)12-9-31(28)25-49-35-14-11-29(22-34(35)43)37(45)40-50(47,48)27(26)2/h9,11-12,14,21-22,26-27,30,33,46H,4-8,10,13,15-20,23-25H2,1-3H3,(H,40,45)/t26-,27+,30-,33+,38-/m0/s1. The van der Waals surface area contributed by atoms with Crippen LogP contribution in [-0.2, 0) is 27.8 Å². The lowest BCUT2D eigenvalue weighted by molar-refractivity contribution is -0.147. The molecule has 10 nitrogen and oxygen atoms in total. The van der Waals surface area contributed by atoms with E-state index in [1.807, 2.05) is 30.0 Å². The van der Waals surface area contributed by atoms with Gasteiger partial charge in [-0.1, -0.05) is 31.0 Å². The fourth-order valence-electron chi connectivity index (χ4n) is 8.24. The molecule has 0 unspecified atom stereocenters. The number of amides is 2. The molecular weight excluding hydrogens is 676 g/mol. The van der Waals surface area contributed by atoms with Crippen molar-refractivity contribution in [3.05, 3.63) is 58.1 Å². The smallest absolute Gasteiger partial charge is 0.264 e. The molecule has 2 amide bonds. The molecule has 1 saturated carbocycles. The number of aliphatic hydroxyl groups is 1. The van der Waals surface area contributed by atoms with E-state index in [-0.39, 0.29) is 35.6 Å². The number of likely N-dealkylation sites (N-methyl/N-ethyl adjacent to an activating group) is 1. The largest absolute Gasteiger partial charge is 0.487 e. The summed E-state index contributed by atoms with van der Waals surface area (Å²) in [6.07, 6.45) is 6.02. The SMILES string of the molecule is C[C@@H]1[C@@H](C)CCC[C@](O)(CC(=O)N2CCN(C)CC2)[C@@H]2CC[C@H]2CN2CCCCc3cc(Cl)ccc3COc3ccc(cc32)C(=O)NS1(=O)=O. The Kier molecular flexibility index (Phi) is 11.4. The third kappa shape index (κ3) is 8.27. The molecule has 2 bridgehead atoms. The number of halogens is 1. The van der Waals surface area contributed by atoms with Crippen molar-refractivity contribution in [1.29, 1.82) is 0 Å². The average Bonchev–Trinajstić information content (AvgIpc) is 3.09. The predicted octanol–water partition coefficient (Wildman–Crippen LogP) is 5.25. The lowest BCUT2D eigenvalue weighted by atomic mass is 9.62. The monoisotopic (exact) mass is 728 g/mol. The van der Waals surface area contributed by atoms with Crippen molar-refractivity contribution in [2.24, 2.45) is 17.8 Å². The van der Waals surface area contributed by atoms with Crippen molar-refractivity contribution in [3.8, 4) is 5.75 Å². The number of nitrogens with zero attached hydrogens (tertiary/aromatic N) is 3. The second-order valence-electron chi connectivity index (χ2n) is 15.2. The van der Waals surface area contributed by atoms with Crippen LogP contribution in [0.1, 0.15) is 86.7 Å². The maximum absolute atomic E-state index is 13.7. The average molecular weight is 729 g/mol. The number of anilines is 1. The lowest BCUT2D eigenvalue weighted by Crippen LogP contribution is -2.54. The van der Waals surface area contributed by atoms with Gasteiger partial charge in [0.2, 0.25) is 15.9 Å². The molecule has 4 aliphatic rings. The number of sulfonamides is 1. The summed E-state index contributed by atoms with van der Waals surface area (Å²) in [5.41, 5.74) is 1.97. The molecule has 6 rings (SSSR count). The van der Waals surface area contributed by atoms with E-state index < -0.39 is 26.8 Å². The molecule has 2 N–H and O–H groups in total.